The number of hydrogen-bond donors (Lipinski definition) is 1. The lowest BCUT2D eigenvalue weighted by Crippen LogP contribution is -2.30. The predicted molar refractivity (Wildman–Crippen MR) is 87.3 cm³/mol. The van der Waals surface area contributed by atoms with Gasteiger partial charge in [-0.1, -0.05) is 6.92 Å². The summed E-state index contributed by atoms with van der Waals surface area (Å²) < 4.78 is 15.7. The average molecular weight is 368 g/mol. The highest BCUT2D eigenvalue weighted by Gasteiger charge is 2.13. The largest absolute Gasteiger partial charge is 0.352 e. The second kappa shape index (κ2) is 7.05. The fourth-order valence-corrected chi connectivity index (χ4v) is 2.68. The van der Waals surface area contributed by atoms with E-state index in [0.717, 1.165) is 17.9 Å². The van der Waals surface area contributed by atoms with Crippen LogP contribution in [0.25, 0.3) is 0 Å². The van der Waals surface area contributed by atoms with Crippen LogP contribution in [0.1, 0.15) is 28.7 Å². The zero-order chi connectivity index (χ0) is 16.3. The molecule has 0 aliphatic heterocycles. The van der Waals surface area contributed by atoms with E-state index in [1.54, 1.807) is 0 Å². The van der Waals surface area contributed by atoms with E-state index in [4.69, 9.17) is 0 Å². The molecule has 0 bridgehead atoms. The fraction of sp³-hybridized carbons (Fsp3) is 0.375. The summed E-state index contributed by atoms with van der Waals surface area (Å²) in [6.45, 7) is 7.23. The molecule has 0 fully saturated rings. The summed E-state index contributed by atoms with van der Waals surface area (Å²) in [6.07, 6.45) is 0. The Kier molecular flexibility index (Phi) is 5.34. The molecule has 1 N–H and O–H groups in total. The molecular weight excluding hydrogens is 349 g/mol. The lowest BCUT2D eigenvalue weighted by Gasteiger charge is -2.14. The van der Waals surface area contributed by atoms with Crippen LogP contribution in [0, 0.1) is 25.6 Å². The molecule has 6 heteroatoms. The number of benzene rings is 1. The third kappa shape index (κ3) is 4.16. The second-order valence-electron chi connectivity index (χ2n) is 5.55. The fourth-order valence-electron chi connectivity index (χ4n) is 2.25. The molecule has 0 aliphatic rings. The van der Waals surface area contributed by atoms with Gasteiger partial charge < -0.3 is 5.32 Å². The van der Waals surface area contributed by atoms with Crippen molar-refractivity contribution >= 4 is 21.8 Å². The first kappa shape index (κ1) is 16.7. The highest BCUT2D eigenvalue weighted by Crippen LogP contribution is 2.17. The molecule has 4 nitrogen and oxygen atoms in total. The van der Waals surface area contributed by atoms with Gasteiger partial charge in [0.15, 0.2) is 0 Å². The Hall–Kier alpha value is -1.69. The SMILES string of the molecule is Cc1cc(C)n(CC(C)CNC(=O)c2cc(F)ccc2Br)n1. The maximum Gasteiger partial charge on any atom is 0.252 e. The Morgan fingerprint density at radius 3 is 2.77 bits per heavy atom. The molecule has 0 saturated heterocycles. The lowest BCUT2D eigenvalue weighted by molar-refractivity contribution is 0.0945. The summed E-state index contributed by atoms with van der Waals surface area (Å²) in [7, 11) is 0. The van der Waals surface area contributed by atoms with Gasteiger partial charge in [0, 0.05) is 23.3 Å². The van der Waals surface area contributed by atoms with Crippen molar-refractivity contribution in [2.75, 3.05) is 6.54 Å². The zero-order valence-electron chi connectivity index (χ0n) is 12.9. The van der Waals surface area contributed by atoms with Crippen LogP contribution in [0.15, 0.2) is 28.7 Å². The minimum atomic E-state index is -0.427. The van der Waals surface area contributed by atoms with Gasteiger partial charge in [-0.25, -0.2) is 4.39 Å². The van der Waals surface area contributed by atoms with Crippen LogP contribution in [-0.4, -0.2) is 22.2 Å². The second-order valence-corrected chi connectivity index (χ2v) is 6.40. The molecule has 0 saturated carbocycles. The highest BCUT2D eigenvalue weighted by molar-refractivity contribution is 9.10. The van der Waals surface area contributed by atoms with E-state index in [9.17, 15) is 9.18 Å². The van der Waals surface area contributed by atoms with Crippen LogP contribution < -0.4 is 5.32 Å². The topological polar surface area (TPSA) is 46.9 Å². The zero-order valence-corrected chi connectivity index (χ0v) is 14.4. The van der Waals surface area contributed by atoms with E-state index in [1.165, 1.54) is 18.2 Å². The quantitative estimate of drug-likeness (QED) is 0.879. The summed E-state index contributed by atoms with van der Waals surface area (Å²) in [4.78, 5) is 12.1. The summed E-state index contributed by atoms with van der Waals surface area (Å²) in [5.41, 5.74) is 2.39. The highest BCUT2D eigenvalue weighted by atomic mass is 79.9. The molecule has 0 radical (unpaired) electrons. The maximum atomic E-state index is 13.2. The molecule has 1 aromatic carbocycles. The number of rotatable bonds is 5. The van der Waals surface area contributed by atoms with E-state index < -0.39 is 5.82 Å². The summed E-state index contributed by atoms with van der Waals surface area (Å²) in [5, 5.41) is 7.24. The van der Waals surface area contributed by atoms with Crippen molar-refractivity contribution in [1.29, 1.82) is 0 Å². The smallest absolute Gasteiger partial charge is 0.252 e. The average Bonchev–Trinajstić information content (AvgIpc) is 2.77. The molecular formula is C16H19BrFN3O. The molecule has 1 atom stereocenters. The summed E-state index contributed by atoms with van der Waals surface area (Å²) in [5.74, 6) is -0.495. The van der Waals surface area contributed by atoms with Crippen molar-refractivity contribution in [1.82, 2.24) is 15.1 Å². The van der Waals surface area contributed by atoms with Crippen LogP contribution in [-0.2, 0) is 6.54 Å². The van der Waals surface area contributed by atoms with Crippen LogP contribution in [0.3, 0.4) is 0 Å². The Balaban J connectivity index is 1.93. The molecule has 0 aliphatic carbocycles. The number of halogens is 2. The van der Waals surface area contributed by atoms with Crippen molar-refractivity contribution in [3.63, 3.8) is 0 Å². The lowest BCUT2D eigenvalue weighted by atomic mass is 10.1. The number of amides is 1. The van der Waals surface area contributed by atoms with E-state index in [-0.39, 0.29) is 11.8 Å². The molecule has 2 rings (SSSR count). The van der Waals surface area contributed by atoms with E-state index >= 15 is 0 Å². The van der Waals surface area contributed by atoms with Crippen LogP contribution in [0.5, 0.6) is 0 Å². The monoisotopic (exact) mass is 367 g/mol. The Bertz CT molecular complexity index is 684. The summed E-state index contributed by atoms with van der Waals surface area (Å²) >= 11 is 3.26. The van der Waals surface area contributed by atoms with Crippen molar-refractivity contribution in [2.24, 2.45) is 5.92 Å². The first-order valence-electron chi connectivity index (χ1n) is 7.11. The molecule has 22 heavy (non-hydrogen) atoms. The standard InChI is InChI=1S/C16H19BrFN3O/c1-10(9-21-12(3)6-11(2)20-21)8-19-16(22)14-7-13(18)4-5-15(14)17/h4-7,10H,8-9H2,1-3H3,(H,19,22). The Morgan fingerprint density at radius 1 is 1.41 bits per heavy atom. The molecule has 1 amide bonds. The molecule has 1 aromatic heterocycles. The van der Waals surface area contributed by atoms with E-state index in [2.05, 4.69) is 26.3 Å². The number of hydrogen-bond acceptors (Lipinski definition) is 2. The maximum absolute atomic E-state index is 13.2. The third-order valence-electron chi connectivity index (χ3n) is 3.37. The van der Waals surface area contributed by atoms with Crippen molar-refractivity contribution in [2.45, 2.75) is 27.3 Å². The van der Waals surface area contributed by atoms with Gasteiger partial charge in [-0.15, -0.1) is 0 Å². The van der Waals surface area contributed by atoms with Crippen LogP contribution in [0.4, 0.5) is 4.39 Å². The number of aromatic nitrogens is 2. The van der Waals surface area contributed by atoms with Gasteiger partial charge in [-0.3, -0.25) is 9.48 Å². The molecule has 118 valence electrons. The number of aryl methyl sites for hydroxylation is 2. The van der Waals surface area contributed by atoms with Crippen molar-refractivity contribution in [3.8, 4) is 0 Å². The van der Waals surface area contributed by atoms with Gasteiger partial charge in [0.2, 0.25) is 0 Å². The normalized spacial score (nSPS) is 12.2. The number of nitrogens with zero attached hydrogens (tertiary/aromatic N) is 2. The number of carbonyl (C=O) groups is 1. The Morgan fingerprint density at radius 2 is 2.14 bits per heavy atom. The van der Waals surface area contributed by atoms with E-state index in [0.29, 0.717) is 16.6 Å². The van der Waals surface area contributed by atoms with E-state index in [1.807, 2.05) is 31.5 Å². The first-order chi connectivity index (χ1) is 10.4. The number of carbonyl (C=O) groups excluding carboxylic acids is 1. The van der Waals surface area contributed by atoms with Gasteiger partial charge in [-0.2, -0.15) is 5.10 Å². The van der Waals surface area contributed by atoms with Gasteiger partial charge in [0.25, 0.3) is 5.91 Å². The van der Waals surface area contributed by atoms with Gasteiger partial charge in [-0.05, 0) is 60.0 Å². The minimum absolute atomic E-state index is 0.217. The Labute approximate surface area is 137 Å². The molecule has 1 heterocycles. The van der Waals surface area contributed by atoms with Crippen LogP contribution in [0.2, 0.25) is 0 Å². The predicted octanol–water partition coefficient (Wildman–Crippen LogP) is 3.47. The van der Waals surface area contributed by atoms with Crippen molar-refractivity contribution in [3.05, 3.63) is 51.5 Å². The van der Waals surface area contributed by atoms with Gasteiger partial charge in [0.05, 0.1) is 11.3 Å². The molecule has 1 unspecified atom stereocenters. The molecule has 0 spiro atoms. The summed E-state index contributed by atoms with van der Waals surface area (Å²) in [6, 6.07) is 6.09. The third-order valence-corrected chi connectivity index (χ3v) is 4.06. The van der Waals surface area contributed by atoms with Gasteiger partial charge >= 0.3 is 0 Å². The van der Waals surface area contributed by atoms with Crippen LogP contribution >= 0.6 is 15.9 Å². The minimum Gasteiger partial charge on any atom is -0.352 e. The van der Waals surface area contributed by atoms with Crippen molar-refractivity contribution < 1.29 is 9.18 Å². The van der Waals surface area contributed by atoms with Gasteiger partial charge in [0.1, 0.15) is 5.82 Å². The first-order valence-corrected chi connectivity index (χ1v) is 7.90. The molecule has 2 aromatic rings. The number of nitrogens with one attached hydrogen (secondary N) is 1.